The van der Waals surface area contributed by atoms with Crippen molar-refractivity contribution in [1.82, 2.24) is 14.9 Å². The number of rotatable bonds is 5. The minimum Gasteiger partial charge on any atom is -0.377 e. The van der Waals surface area contributed by atoms with Gasteiger partial charge in [0.2, 0.25) is 0 Å². The molecule has 3 rings (SSSR count). The Morgan fingerprint density at radius 3 is 2.56 bits per heavy atom. The van der Waals surface area contributed by atoms with E-state index in [1.807, 2.05) is 12.1 Å². The van der Waals surface area contributed by atoms with Crippen LogP contribution in [0.4, 0.5) is 24.7 Å². The number of anilines is 2. The molecule has 0 atom stereocenters. The minimum absolute atomic E-state index is 0.282. The Morgan fingerprint density at radius 2 is 1.93 bits per heavy atom. The summed E-state index contributed by atoms with van der Waals surface area (Å²) in [6.45, 7) is 1.65. The summed E-state index contributed by atoms with van der Waals surface area (Å²) >= 11 is 0. The first kappa shape index (κ1) is 18.9. The SMILES string of the molecule is O=CC=CN1CCC(c2cccnc2Nc2ccc(C(F)(F)F)nc2)CC1. The Bertz CT molecular complexity index is 797. The summed E-state index contributed by atoms with van der Waals surface area (Å²) in [4.78, 5) is 20.3. The van der Waals surface area contributed by atoms with Crippen molar-refractivity contribution in [2.75, 3.05) is 18.4 Å². The molecular weight excluding hydrogens is 357 g/mol. The molecule has 2 aromatic rings. The molecule has 0 unspecified atom stereocenters. The van der Waals surface area contributed by atoms with E-state index in [4.69, 9.17) is 0 Å². The predicted molar refractivity (Wildman–Crippen MR) is 95.5 cm³/mol. The number of likely N-dealkylation sites (tertiary alicyclic amines) is 1. The van der Waals surface area contributed by atoms with E-state index in [0.717, 1.165) is 50.0 Å². The lowest BCUT2D eigenvalue weighted by Gasteiger charge is -2.31. The zero-order valence-corrected chi connectivity index (χ0v) is 14.5. The lowest BCUT2D eigenvalue weighted by molar-refractivity contribution is -0.141. The molecule has 0 aromatic carbocycles. The van der Waals surface area contributed by atoms with Crippen LogP contribution in [0, 0.1) is 0 Å². The largest absolute Gasteiger partial charge is 0.433 e. The number of aromatic nitrogens is 2. The van der Waals surface area contributed by atoms with Gasteiger partial charge in [-0.15, -0.1) is 0 Å². The van der Waals surface area contributed by atoms with Gasteiger partial charge >= 0.3 is 6.18 Å². The number of piperidine rings is 1. The standard InChI is InChI=1S/C19H19F3N4O/c20-19(21,22)17-5-4-15(13-24-17)25-18-16(3-1-8-23-18)14-6-10-26(11-7-14)9-2-12-27/h1-5,8-9,12-14H,6-7,10-11H2,(H,23,25). The summed E-state index contributed by atoms with van der Waals surface area (Å²) in [5, 5.41) is 3.08. The van der Waals surface area contributed by atoms with Crippen LogP contribution in [0.2, 0.25) is 0 Å². The molecule has 1 N–H and O–H groups in total. The Kier molecular flexibility index (Phi) is 5.73. The molecule has 2 aromatic heterocycles. The molecule has 0 radical (unpaired) electrons. The first-order valence-electron chi connectivity index (χ1n) is 8.58. The lowest BCUT2D eigenvalue weighted by Crippen LogP contribution is -2.29. The number of nitrogens with one attached hydrogen (secondary N) is 1. The third-order valence-corrected chi connectivity index (χ3v) is 4.50. The van der Waals surface area contributed by atoms with Crippen LogP contribution >= 0.6 is 0 Å². The van der Waals surface area contributed by atoms with Gasteiger partial charge in [0.25, 0.3) is 0 Å². The van der Waals surface area contributed by atoms with Crippen molar-refractivity contribution in [3.63, 3.8) is 0 Å². The first-order chi connectivity index (χ1) is 13.0. The van der Waals surface area contributed by atoms with Crippen LogP contribution in [-0.4, -0.2) is 34.2 Å². The maximum Gasteiger partial charge on any atom is 0.433 e. The van der Waals surface area contributed by atoms with Gasteiger partial charge < -0.3 is 10.2 Å². The molecule has 27 heavy (non-hydrogen) atoms. The molecule has 0 aliphatic carbocycles. The maximum absolute atomic E-state index is 12.6. The third kappa shape index (κ3) is 4.84. The number of nitrogens with zero attached hydrogens (tertiary/aromatic N) is 3. The number of allylic oxidation sites excluding steroid dienone is 1. The Labute approximate surface area is 154 Å². The number of hydrogen-bond acceptors (Lipinski definition) is 5. The van der Waals surface area contributed by atoms with Gasteiger partial charge in [-0.25, -0.2) is 9.97 Å². The van der Waals surface area contributed by atoms with Gasteiger partial charge in [0.05, 0.1) is 11.9 Å². The van der Waals surface area contributed by atoms with Gasteiger partial charge in [-0.3, -0.25) is 4.79 Å². The average molecular weight is 376 g/mol. The second kappa shape index (κ2) is 8.20. The molecule has 0 bridgehead atoms. The molecule has 142 valence electrons. The van der Waals surface area contributed by atoms with Crippen molar-refractivity contribution < 1.29 is 18.0 Å². The molecule has 0 saturated carbocycles. The van der Waals surface area contributed by atoms with E-state index in [1.54, 1.807) is 12.4 Å². The second-order valence-corrected chi connectivity index (χ2v) is 6.28. The van der Waals surface area contributed by atoms with Crippen LogP contribution in [0.25, 0.3) is 0 Å². The van der Waals surface area contributed by atoms with Crippen LogP contribution in [0.3, 0.4) is 0 Å². The number of aldehydes is 1. The number of halogens is 3. The zero-order valence-electron chi connectivity index (χ0n) is 14.5. The van der Waals surface area contributed by atoms with E-state index >= 15 is 0 Å². The monoisotopic (exact) mass is 376 g/mol. The van der Waals surface area contributed by atoms with Crippen LogP contribution in [0.15, 0.2) is 48.9 Å². The van der Waals surface area contributed by atoms with Crippen molar-refractivity contribution in [2.45, 2.75) is 24.9 Å². The van der Waals surface area contributed by atoms with Crippen molar-refractivity contribution in [2.24, 2.45) is 0 Å². The highest BCUT2D eigenvalue weighted by molar-refractivity contribution is 5.64. The second-order valence-electron chi connectivity index (χ2n) is 6.28. The summed E-state index contributed by atoms with van der Waals surface area (Å²) in [5.41, 5.74) is 0.552. The fraction of sp³-hybridized carbons (Fsp3) is 0.316. The minimum atomic E-state index is -4.46. The normalized spacial score (nSPS) is 15.9. The van der Waals surface area contributed by atoms with Gasteiger partial charge in [-0.1, -0.05) is 6.07 Å². The molecule has 8 heteroatoms. The van der Waals surface area contributed by atoms with Crippen molar-refractivity contribution in [3.8, 4) is 0 Å². The van der Waals surface area contributed by atoms with Gasteiger partial charge in [-0.05, 0) is 48.6 Å². The zero-order chi connectivity index (χ0) is 19.3. The summed E-state index contributed by atoms with van der Waals surface area (Å²) in [5.74, 6) is 0.908. The topological polar surface area (TPSA) is 58.1 Å². The fourth-order valence-electron chi connectivity index (χ4n) is 3.14. The fourth-order valence-corrected chi connectivity index (χ4v) is 3.14. The average Bonchev–Trinajstić information content (AvgIpc) is 2.67. The number of alkyl halides is 3. The summed E-state index contributed by atoms with van der Waals surface area (Å²) in [6, 6.07) is 6.13. The van der Waals surface area contributed by atoms with Gasteiger partial charge in [-0.2, -0.15) is 13.2 Å². The maximum atomic E-state index is 12.6. The highest BCUT2D eigenvalue weighted by Gasteiger charge is 2.32. The van der Waals surface area contributed by atoms with Crippen molar-refractivity contribution in [1.29, 1.82) is 0 Å². The van der Waals surface area contributed by atoms with Crippen LogP contribution < -0.4 is 5.32 Å². The van der Waals surface area contributed by atoms with E-state index < -0.39 is 11.9 Å². The Balaban J connectivity index is 1.71. The number of pyridine rings is 2. The molecule has 0 spiro atoms. The Morgan fingerprint density at radius 1 is 1.15 bits per heavy atom. The van der Waals surface area contributed by atoms with E-state index in [1.165, 1.54) is 12.1 Å². The summed E-state index contributed by atoms with van der Waals surface area (Å²) < 4.78 is 37.9. The van der Waals surface area contributed by atoms with Gasteiger partial charge in [0.1, 0.15) is 17.8 Å². The number of carbonyl (C=O) groups excluding carboxylic acids is 1. The van der Waals surface area contributed by atoms with Crippen molar-refractivity contribution >= 4 is 17.8 Å². The van der Waals surface area contributed by atoms with E-state index in [9.17, 15) is 18.0 Å². The molecule has 1 saturated heterocycles. The Hall–Kier alpha value is -2.90. The highest BCUT2D eigenvalue weighted by Crippen LogP contribution is 2.33. The van der Waals surface area contributed by atoms with E-state index in [-0.39, 0.29) is 5.92 Å². The molecular formula is C19H19F3N4O. The van der Waals surface area contributed by atoms with Gasteiger partial charge in [0, 0.05) is 25.5 Å². The highest BCUT2D eigenvalue weighted by atomic mass is 19.4. The molecule has 1 fully saturated rings. The summed E-state index contributed by atoms with van der Waals surface area (Å²) in [7, 11) is 0. The molecule has 1 aliphatic heterocycles. The van der Waals surface area contributed by atoms with E-state index in [2.05, 4.69) is 20.2 Å². The predicted octanol–water partition coefficient (Wildman–Crippen LogP) is 4.13. The number of hydrogen-bond donors (Lipinski definition) is 1. The smallest absolute Gasteiger partial charge is 0.377 e. The van der Waals surface area contributed by atoms with Crippen LogP contribution in [-0.2, 0) is 11.0 Å². The van der Waals surface area contributed by atoms with Crippen molar-refractivity contribution in [3.05, 3.63) is 60.2 Å². The van der Waals surface area contributed by atoms with Crippen LogP contribution in [0.5, 0.6) is 0 Å². The first-order valence-corrected chi connectivity index (χ1v) is 8.58. The lowest BCUT2D eigenvalue weighted by atomic mass is 9.89. The molecule has 5 nitrogen and oxygen atoms in total. The molecule has 3 heterocycles. The summed E-state index contributed by atoms with van der Waals surface area (Å²) in [6.07, 6.45) is 4.17. The van der Waals surface area contributed by atoms with E-state index in [0.29, 0.717) is 11.5 Å². The third-order valence-electron chi connectivity index (χ3n) is 4.50. The van der Waals surface area contributed by atoms with Crippen LogP contribution in [0.1, 0.15) is 30.0 Å². The van der Waals surface area contributed by atoms with Gasteiger partial charge in [0.15, 0.2) is 0 Å². The number of carbonyl (C=O) groups is 1. The molecule has 1 aliphatic rings. The molecule has 0 amide bonds. The quantitative estimate of drug-likeness (QED) is 0.628.